The fourth-order valence-corrected chi connectivity index (χ4v) is 1.47. The lowest BCUT2D eigenvalue weighted by molar-refractivity contribution is -0.384. The Morgan fingerprint density at radius 3 is 2.41 bits per heavy atom. The fourth-order valence-electron chi connectivity index (χ4n) is 1.47. The average molecular weight is 236 g/mol. The summed E-state index contributed by atoms with van der Waals surface area (Å²) in [5.74, 6) is -0.174. The highest BCUT2D eigenvalue weighted by Gasteiger charge is 2.20. The molecule has 1 rings (SSSR count). The van der Waals surface area contributed by atoms with Crippen molar-refractivity contribution >= 4 is 17.2 Å². The van der Waals surface area contributed by atoms with Crippen LogP contribution in [-0.2, 0) is 0 Å². The molecule has 0 amide bonds. The molecule has 0 aromatic heterocycles. The van der Waals surface area contributed by atoms with E-state index in [0.717, 1.165) is 0 Å². The summed E-state index contributed by atoms with van der Waals surface area (Å²) in [6, 6.07) is 4.71. The first kappa shape index (κ1) is 13.2. The Bertz CT molecular complexity index is 455. The third-order valence-corrected chi connectivity index (χ3v) is 2.73. The van der Waals surface area contributed by atoms with E-state index >= 15 is 0 Å². The predicted octanol–water partition coefficient (Wildman–Crippen LogP) is 2.64. The standard InChI is InChI=1S/C12H16N2O3/c1-8(2)13(4)11-6-5-10(9(3)15)7-12(11)14(16)17/h5-8H,1-4H3. The van der Waals surface area contributed by atoms with E-state index in [1.54, 1.807) is 19.2 Å². The van der Waals surface area contributed by atoms with Crippen molar-refractivity contribution in [1.29, 1.82) is 0 Å². The van der Waals surface area contributed by atoms with Crippen molar-refractivity contribution in [3.8, 4) is 0 Å². The van der Waals surface area contributed by atoms with E-state index < -0.39 is 4.92 Å². The number of carbonyl (C=O) groups excluding carboxylic acids is 1. The molecule has 0 fully saturated rings. The molecule has 0 saturated carbocycles. The molecule has 92 valence electrons. The van der Waals surface area contributed by atoms with Gasteiger partial charge in [-0.25, -0.2) is 0 Å². The summed E-state index contributed by atoms with van der Waals surface area (Å²) >= 11 is 0. The SMILES string of the molecule is CC(=O)c1ccc(N(C)C(C)C)c([N+](=O)[O-])c1. The third-order valence-electron chi connectivity index (χ3n) is 2.73. The van der Waals surface area contributed by atoms with Crippen LogP contribution in [-0.4, -0.2) is 23.8 Å². The monoisotopic (exact) mass is 236 g/mol. The van der Waals surface area contributed by atoms with Gasteiger partial charge in [0, 0.05) is 24.7 Å². The number of ketones is 1. The maximum Gasteiger partial charge on any atom is 0.293 e. The Labute approximate surface area is 100 Å². The van der Waals surface area contributed by atoms with Crippen molar-refractivity contribution in [3.63, 3.8) is 0 Å². The molecule has 0 spiro atoms. The fraction of sp³-hybridized carbons (Fsp3) is 0.417. The van der Waals surface area contributed by atoms with E-state index in [1.807, 2.05) is 18.7 Å². The topological polar surface area (TPSA) is 63.5 Å². The van der Waals surface area contributed by atoms with Crippen LogP contribution in [0.3, 0.4) is 0 Å². The van der Waals surface area contributed by atoms with Crippen LogP contribution >= 0.6 is 0 Å². The zero-order valence-corrected chi connectivity index (χ0v) is 10.4. The molecule has 1 aromatic carbocycles. The van der Waals surface area contributed by atoms with Crippen molar-refractivity contribution in [2.24, 2.45) is 0 Å². The highest BCUT2D eigenvalue weighted by Crippen LogP contribution is 2.29. The first-order valence-electron chi connectivity index (χ1n) is 5.36. The van der Waals surface area contributed by atoms with Crippen LogP contribution in [0.4, 0.5) is 11.4 Å². The van der Waals surface area contributed by atoms with Crippen molar-refractivity contribution < 1.29 is 9.72 Å². The third kappa shape index (κ3) is 2.81. The number of Topliss-reactive ketones (excluding diaryl/α,β-unsaturated/α-hetero) is 1. The van der Waals surface area contributed by atoms with Crippen LogP contribution in [0.15, 0.2) is 18.2 Å². The number of nitro benzene ring substituents is 1. The van der Waals surface area contributed by atoms with Crippen LogP contribution in [0.25, 0.3) is 0 Å². The molecule has 5 heteroatoms. The second kappa shape index (κ2) is 4.95. The van der Waals surface area contributed by atoms with Crippen molar-refractivity contribution in [2.75, 3.05) is 11.9 Å². The Balaban J connectivity index is 3.32. The zero-order chi connectivity index (χ0) is 13.2. The number of rotatable bonds is 4. The van der Waals surface area contributed by atoms with E-state index in [9.17, 15) is 14.9 Å². The molecule has 0 radical (unpaired) electrons. The number of hydrogen-bond acceptors (Lipinski definition) is 4. The van der Waals surface area contributed by atoms with Crippen molar-refractivity contribution in [1.82, 2.24) is 0 Å². The van der Waals surface area contributed by atoms with Gasteiger partial charge in [0.1, 0.15) is 5.69 Å². The van der Waals surface area contributed by atoms with Gasteiger partial charge in [0.15, 0.2) is 5.78 Å². The summed E-state index contributed by atoms with van der Waals surface area (Å²) < 4.78 is 0. The second-order valence-electron chi connectivity index (χ2n) is 4.22. The quantitative estimate of drug-likeness (QED) is 0.458. The molecule has 5 nitrogen and oxygen atoms in total. The molecule has 0 aliphatic carbocycles. The van der Waals surface area contributed by atoms with Gasteiger partial charge >= 0.3 is 0 Å². The van der Waals surface area contributed by atoms with Gasteiger partial charge in [0.05, 0.1) is 4.92 Å². The van der Waals surface area contributed by atoms with Crippen LogP contribution in [0.2, 0.25) is 0 Å². The molecule has 17 heavy (non-hydrogen) atoms. The number of hydrogen-bond donors (Lipinski definition) is 0. The molecule has 1 aromatic rings. The van der Waals surface area contributed by atoms with Crippen LogP contribution in [0.5, 0.6) is 0 Å². The van der Waals surface area contributed by atoms with Crippen LogP contribution in [0.1, 0.15) is 31.1 Å². The molecule has 0 atom stereocenters. The van der Waals surface area contributed by atoms with E-state index in [2.05, 4.69) is 0 Å². The van der Waals surface area contributed by atoms with E-state index in [1.165, 1.54) is 13.0 Å². The summed E-state index contributed by atoms with van der Waals surface area (Å²) in [4.78, 5) is 23.5. The van der Waals surface area contributed by atoms with Gasteiger partial charge in [0.2, 0.25) is 0 Å². The lowest BCUT2D eigenvalue weighted by Gasteiger charge is -2.23. The molecule has 0 saturated heterocycles. The summed E-state index contributed by atoms with van der Waals surface area (Å²) in [5.41, 5.74) is 0.849. The van der Waals surface area contributed by atoms with Crippen LogP contribution < -0.4 is 4.90 Å². The average Bonchev–Trinajstić information content (AvgIpc) is 2.26. The molecule has 0 unspecified atom stereocenters. The summed E-state index contributed by atoms with van der Waals surface area (Å²) in [7, 11) is 1.79. The Kier molecular flexibility index (Phi) is 3.83. The Morgan fingerprint density at radius 2 is 2.00 bits per heavy atom. The molecule has 0 N–H and O–H groups in total. The lowest BCUT2D eigenvalue weighted by Crippen LogP contribution is -2.26. The maximum absolute atomic E-state index is 11.2. The van der Waals surface area contributed by atoms with E-state index in [4.69, 9.17) is 0 Å². The minimum Gasteiger partial charge on any atom is -0.367 e. The minimum atomic E-state index is -0.458. The number of nitrogens with zero attached hydrogens (tertiary/aromatic N) is 2. The number of nitro groups is 1. The van der Waals surface area contributed by atoms with Crippen LogP contribution in [0, 0.1) is 10.1 Å². The van der Waals surface area contributed by atoms with Gasteiger partial charge in [-0.1, -0.05) is 0 Å². The second-order valence-corrected chi connectivity index (χ2v) is 4.22. The molecular formula is C12H16N2O3. The smallest absolute Gasteiger partial charge is 0.293 e. The summed E-state index contributed by atoms with van der Waals surface area (Å²) in [6.07, 6.45) is 0. The summed E-state index contributed by atoms with van der Waals surface area (Å²) in [6.45, 7) is 5.29. The maximum atomic E-state index is 11.2. The Morgan fingerprint density at radius 1 is 1.41 bits per heavy atom. The molecular weight excluding hydrogens is 220 g/mol. The number of benzene rings is 1. The first-order valence-corrected chi connectivity index (χ1v) is 5.36. The van der Waals surface area contributed by atoms with Crippen molar-refractivity contribution in [3.05, 3.63) is 33.9 Å². The molecule has 0 aliphatic rings. The van der Waals surface area contributed by atoms with E-state index in [-0.39, 0.29) is 17.5 Å². The Hall–Kier alpha value is -1.91. The lowest BCUT2D eigenvalue weighted by atomic mass is 10.1. The van der Waals surface area contributed by atoms with E-state index in [0.29, 0.717) is 11.3 Å². The van der Waals surface area contributed by atoms with Crippen molar-refractivity contribution in [2.45, 2.75) is 26.8 Å². The normalized spacial score (nSPS) is 10.4. The zero-order valence-electron chi connectivity index (χ0n) is 10.4. The first-order chi connectivity index (χ1) is 7.84. The molecule has 0 aliphatic heterocycles. The number of anilines is 1. The summed E-state index contributed by atoms with van der Waals surface area (Å²) in [5, 5.41) is 11.0. The van der Waals surface area contributed by atoms with Gasteiger partial charge in [-0.05, 0) is 32.9 Å². The highest BCUT2D eigenvalue weighted by atomic mass is 16.6. The number of carbonyl (C=O) groups is 1. The highest BCUT2D eigenvalue weighted by molar-refractivity contribution is 5.95. The largest absolute Gasteiger partial charge is 0.367 e. The van der Waals surface area contributed by atoms with Gasteiger partial charge in [0.25, 0.3) is 5.69 Å². The molecule has 0 heterocycles. The molecule has 0 bridgehead atoms. The van der Waals surface area contributed by atoms with Gasteiger partial charge in [-0.3, -0.25) is 14.9 Å². The van der Waals surface area contributed by atoms with Gasteiger partial charge < -0.3 is 4.90 Å². The predicted molar refractivity (Wildman–Crippen MR) is 66.6 cm³/mol. The minimum absolute atomic E-state index is 0.0334. The van der Waals surface area contributed by atoms with Gasteiger partial charge in [-0.15, -0.1) is 0 Å². The van der Waals surface area contributed by atoms with Gasteiger partial charge in [-0.2, -0.15) is 0 Å².